The minimum Gasteiger partial charge on any atom is -0.311 e. The summed E-state index contributed by atoms with van der Waals surface area (Å²) in [4.78, 5) is 8.99. The maximum absolute atomic E-state index is 4.57. The molecule has 1 atom stereocenters. The fourth-order valence-electron chi connectivity index (χ4n) is 2.53. The Morgan fingerprint density at radius 3 is 2.76 bits per heavy atom. The normalized spacial score (nSPS) is 12.8. The van der Waals surface area contributed by atoms with E-state index in [0.717, 1.165) is 30.9 Å². The molecule has 0 aliphatic rings. The smallest absolute Gasteiger partial charge is 0.138 e. The Morgan fingerprint density at radius 1 is 1.29 bits per heavy atom. The Morgan fingerprint density at radius 2 is 2.10 bits per heavy atom. The molecule has 0 saturated carbocycles. The summed E-state index contributed by atoms with van der Waals surface area (Å²) in [5.74, 6) is 1.57. The van der Waals surface area contributed by atoms with Crippen LogP contribution >= 0.6 is 0 Å². The summed E-state index contributed by atoms with van der Waals surface area (Å²) in [6.07, 6.45) is 5.29. The summed E-state index contributed by atoms with van der Waals surface area (Å²) in [5.41, 5.74) is 2.40. The second-order valence-corrected chi connectivity index (χ2v) is 5.70. The molecule has 2 rings (SSSR count). The molecule has 2 aromatic heterocycles. The van der Waals surface area contributed by atoms with E-state index >= 15 is 0 Å². The topological polar surface area (TPSA) is 55.6 Å². The standard InChI is InChI=1S/C16H25N5/c1-5-13-7-6-8-18-16(13)14(17-4)9-15-19-11-20-21(15)10-12(2)3/h6-8,11-12,14,17H,5,9-10H2,1-4H3. The highest BCUT2D eigenvalue weighted by Gasteiger charge is 2.18. The van der Waals surface area contributed by atoms with Crippen LogP contribution in [0.1, 0.15) is 43.9 Å². The van der Waals surface area contributed by atoms with Crippen molar-refractivity contribution in [1.29, 1.82) is 0 Å². The van der Waals surface area contributed by atoms with Crippen LogP contribution in [0.4, 0.5) is 0 Å². The summed E-state index contributed by atoms with van der Waals surface area (Å²) < 4.78 is 2.00. The van der Waals surface area contributed by atoms with Gasteiger partial charge in [-0.25, -0.2) is 9.67 Å². The first kappa shape index (κ1) is 15.6. The molecule has 0 aromatic carbocycles. The molecule has 0 radical (unpaired) electrons. The average Bonchev–Trinajstić information content (AvgIpc) is 2.91. The van der Waals surface area contributed by atoms with Crippen molar-refractivity contribution in [3.05, 3.63) is 41.7 Å². The third-order valence-electron chi connectivity index (χ3n) is 3.61. The van der Waals surface area contributed by atoms with Gasteiger partial charge in [0.05, 0.1) is 11.7 Å². The molecule has 0 aliphatic carbocycles. The highest BCUT2D eigenvalue weighted by molar-refractivity contribution is 5.23. The maximum Gasteiger partial charge on any atom is 0.138 e. The van der Waals surface area contributed by atoms with Crippen molar-refractivity contribution in [3.8, 4) is 0 Å². The molecular weight excluding hydrogens is 262 g/mol. The van der Waals surface area contributed by atoms with E-state index in [0.29, 0.717) is 5.92 Å². The first-order valence-corrected chi connectivity index (χ1v) is 7.63. The Labute approximate surface area is 126 Å². The van der Waals surface area contributed by atoms with Crippen LogP contribution in [0.2, 0.25) is 0 Å². The van der Waals surface area contributed by atoms with E-state index in [9.17, 15) is 0 Å². The number of pyridine rings is 1. The highest BCUT2D eigenvalue weighted by atomic mass is 15.3. The molecular formula is C16H25N5. The molecule has 0 aliphatic heterocycles. The van der Waals surface area contributed by atoms with Crippen molar-refractivity contribution in [2.45, 2.75) is 46.2 Å². The molecule has 1 unspecified atom stereocenters. The van der Waals surface area contributed by atoms with Gasteiger partial charge in [-0.1, -0.05) is 26.8 Å². The van der Waals surface area contributed by atoms with Gasteiger partial charge in [0.2, 0.25) is 0 Å². The number of likely N-dealkylation sites (N-methyl/N-ethyl adjacent to an activating group) is 1. The number of nitrogens with zero attached hydrogens (tertiary/aromatic N) is 4. The van der Waals surface area contributed by atoms with Crippen LogP contribution in [0.25, 0.3) is 0 Å². The quantitative estimate of drug-likeness (QED) is 0.849. The molecule has 21 heavy (non-hydrogen) atoms. The molecule has 2 aromatic rings. The van der Waals surface area contributed by atoms with Gasteiger partial charge in [-0.15, -0.1) is 0 Å². The van der Waals surface area contributed by atoms with Crippen molar-refractivity contribution in [3.63, 3.8) is 0 Å². The van der Waals surface area contributed by atoms with E-state index in [1.165, 1.54) is 5.56 Å². The number of hydrogen-bond donors (Lipinski definition) is 1. The zero-order valence-corrected chi connectivity index (χ0v) is 13.4. The lowest BCUT2D eigenvalue weighted by molar-refractivity contribution is 0.449. The summed E-state index contributed by atoms with van der Waals surface area (Å²) in [7, 11) is 1.97. The Hall–Kier alpha value is -1.75. The number of aromatic nitrogens is 4. The molecule has 0 saturated heterocycles. The predicted molar refractivity (Wildman–Crippen MR) is 84.0 cm³/mol. The van der Waals surface area contributed by atoms with E-state index in [-0.39, 0.29) is 6.04 Å². The number of rotatable bonds is 7. The van der Waals surface area contributed by atoms with E-state index in [1.54, 1.807) is 6.33 Å². The molecule has 0 amide bonds. The van der Waals surface area contributed by atoms with Gasteiger partial charge in [-0.05, 0) is 31.0 Å². The van der Waals surface area contributed by atoms with Gasteiger partial charge in [0.1, 0.15) is 12.2 Å². The summed E-state index contributed by atoms with van der Waals surface area (Å²) in [6, 6.07) is 4.30. The highest BCUT2D eigenvalue weighted by Crippen LogP contribution is 2.19. The lowest BCUT2D eigenvalue weighted by atomic mass is 10.0. The Bertz CT molecular complexity index is 561. The summed E-state index contributed by atoms with van der Waals surface area (Å²) in [5, 5.41) is 7.71. The molecule has 0 fully saturated rings. The van der Waals surface area contributed by atoms with E-state index in [2.05, 4.69) is 47.2 Å². The second-order valence-electron chi connectivity index (χ2n) is 5.70. The van der Waals surface area contributed by atoms with Crippen molar-refractivity contribution in [1.82, 2.24) is 25.1 Å². The number of nitrogens with one attached hydrogen (secondary N) is 1. The van der Waals surface area contributed by atoms with Gasteiger partial charge in [0.25, 0.3) is 0 Å². The first-order valence-electron chi connectivity index (χ1n) is 7.63. The minimum absolute atomic E-state index is 0.163. The third kappa shape index (κ3) is 3.88. The van der Waals surface area contributed by atoms with Crippen LogP contribution in [0.5, 0.6) is 0 Å². The van der Waals surface area contributed by atoms with Gasteiger partial charge in [-0.2, -0.15) is 5.10 Å². The van der Waals surface area contributed by atoms with Crippen molar-refractivity contribution < 1.29 is 0 Å². The lowest BCUT2D eigenvalue weighted by Crippen LogP contribution is -2.24. The monoisotopic (exact) mass is 287 g/mol. The van der Waals surface area contributed by atoms with Crippen LogP contribution in [-0.2, 0) is 19.4 Å². The lowest BCUT2D eigenvalue weighted by Gasteiger charge is -2.18. The van der Waals surface area contributed by atoms with Gasteiger partial charge >= 0.3 is 0 Å². The second kappa shape index (κ2) is 7.31. The minimum atomic E-state index is 0.163. The van der Waals surface area contributed by atoms with Crippen LogP contribution < -0.4 is 5.32 Å². The number of hydrogen-bond acceptors (Lipinski definition) is 4. The largest absolute Gasteiger partial charge is 0.311 e. The molecule has 0 spiro atoms. The van der Waals surface area contributed by atoms with Gasteiger partial charge in [0.15, 0.2) is 0 Å². The van der Waals surface area contributed by atoms with Crippen molar-refractivity contribution >= 4 is 0 Å². The summed E-state index contributed by atoms with van der Waals surface area (Å²) in [6.45, 7) is 7.44. The predicted octanol–water partition coefficient (Wildman–Crippen LogP) is 2.39. The molecule has 5 heteroatoms. The number of aryl methyl sites for hydroxylation is 1. The van der Waals surface area contributed by atoms with Crippen LogP contribution in [0, 0.1) is 5.92 Å². The van der Waals surface area contributed by atoms with E-state index < -0.39 is 0 Å². The SMILES string of the molecule is CCc1cccnc1C(Cc1ncnn1CC(C)C)NC. The fourth-order valence-corrected chi connectivity index (χ4v) is 2.53. The summed E-state index contributed by atoms with van der Waals surface area (Å²) >= 11 is 0. The average molecular weight is 287 g/mol. The molecule has 1 N–H and O–H groups in total. The molecule has 0 bridgehead atoms. The molecule has 2 heterocycles. The molecule has 5 nitrogen and oxygen atoms in total. The Balaban J connectivity index is 2.21. The van der Waals surface area contributed by atoms with Crippen molar-refractivity contribution in [2.24, 2.45) is 5.92 Å². The van der Waals surface area contributed by atoms with Crippen molar-refractivity contribution in [2.75, 3.05) is 7.05 Å². The first-order chi connectivity index (χ1) is 10.2. The van der Waals surface area contributed by atoms with Gasteiger partial charge < -0.3 is 5.32 Å². The van der Waals surface area contributed by atoms with Crippen LogP contribution in [0.3, 0.4) is 0 Å². The molecule has 114 valence electrons. The zero-order valence-electron chi connectivity index (χ0n) is 13.4. The zero-order chi connectivity index (χ0) is 15.2. The van der Waals surface area contributed by atoms with Gasteiger partial charge in [0, 0.05) is 19.2 Å². The Kier molecular flexibility index (Phi) is 5.44. The van der Waals surface area contributed by atoms with Crippen LogP contribution in [-0.4, -0.2) is 26.8 Å². The van der Waals surface area contributed by atoms with E-state index in [4.69, 9.17) is 0 Å². The van der Waals surface area contributed by atoms with Crippen LogP contribution in [0.15, 0.2) is 24.7 Å². The maximum atomic E-state index is 4.57. The third-order valence-corrected chi connectivity index (χ3v) is 3.61. The van der Waals surface area contributed by atoms with Gasteiger partial charge in [-0.3, -0.25) is 4.98 Å². The van der Waals surface area contributed by atoms with E-state index in [1.807, 2.05) is 24.0 Å². The fraction of sp³-hybridized carbons (Fsp3) is 0.562.